The van der Waals surface area contributed by atoms with Gasteiger partial charge < -0.3 is 5.32 Å². The topological polar surface area (TPSA) is 64.7 Å². The summed E-state index contributed by atoms with van der Waals surface area (Å²) in [5, 5.41) is 11.9. The van der Waals surface area contributed by atoms with Crippen molar-refractivity contribution >= 4 is 17.6 Å². The predicted molar refractivity (Wildman–Crippen MR) is 119 cm³/mol. The molecule has 0 radical (unpaired) electrons. The highest BCUT2D eigenvalue weighted by Gasteiger charge is 2.24. The van der Waals surface area contributed by atoms with E-state index in [4.69, 9.17) is 0 Å². The van der Waals surface area contributed by atoms with Crippen molar-refractivity contribution < 1.29 is 9.18 Å². The minimum Gasteiger partial charge on any atom is -0.345 e. The molecule has 0 spiro atoms. The van der Waals surface area contributed by atoms with Crippen LogP contribution in [0.25, 0.3) is 17.3 Å². The maximum absolute atomic E-state index is 13.4. The molecule has 1 N–H and O–H groups in total. The van der Waals surface area contributed by atoms with Crippen molar-refractivity contribution in [2.75, 3.05) is 0 Å². The van der Waals surface area contributed by atoms with Crippen molar-refractivity contribution in [2.24, 2.45) is 7.05 Å². The van der Waals surface area contributed by atoms with Gasteiger partial charge in [0.05, 0.1) is 29.8 Å². The fourth-order valence-electron chi connectivity index (χ4n) is 3.83. The fourth-order valence-corrected chi connectivity index (χ4v) is 3.83. The molecule has 0 saturated carbocycles. The van der Waals surface area contributed by atoms with Crippen LogP contribution >= 0.6 is 0 Å². The van der Waals surface area contributed by atoms with E-state index < -0.39 is 0 Å². The SMILES string of the molecule is CCC1=Cc2c(cnn2-c2ccc(F)cc2)C(C(=O)NC(CC)c2cnn(C)c2)=CC1. The largest absolute Gasteiger partial charge is 0.345 e. The first kappa shape index (κ1) is 20.8. The van der Waals surface area contributed by atoms with Gasteiger partial charge in [0.2, 0.25) is 0 Å². The summed E-state index contributed by atoms with van der Waals surface area (Å²) in [5.74, 6) is -0.436. The number of hydrogen-bond donors (Lipinski definition) is 1. The van der Waals surface area contributed by atoms with Gasteiger partial charge in [-0.1, -0.05) is 25.5 Å². The van der Waals surface area contributed by atoms with Gasteiger partial charge in [-0.2, -0.15) is 10.2 Å². The first-order valence-corrected chi connectivity index (χ1v) is 10.5. The van der Waals surface area contributed by atoms with Crippen molar-refractivity contribution in [1.82, 2.24) is 24.9 Å². The summed E-state index contributed by atoms with van der Waals surface area (Å²) in [4.78, 5) is 13.3. The Bertz CT molecular complexity index is 1150. The second kappa shape index (κ2) is 8.71. The van der Waals surface area contributed by atoms with Gasteiger partial charge in [0.1, 0.15) is 5.82 Å². The summed E-state index contributed by atoms with van der Waals surface area (Å²) >= 11 is 0. The zero-order chi connectivity index (χ0) is 22.0. The first-order chi connectivity index (χ1) is 15.0. The minimum atomic E-state index is -0.298. The standard InChI is InChI=1S/C24H26FN5O/c1-4-16-6-11-20(24(31)28-22(5-2)17-13-26-29(3)15-17)21-14-27-30(23(21)12-16)19-9-7-18(25)8-10-19/h7-15,22H,4-6H2,1-3H3,(H,28,31). The van der Waals surface area contributed by atoms with E-state index in [1.165, 1.54) is 17.7 Å². The highest BCUT2D eigenvalue weighted by molar-refractivity contribution is 6.20. The summed E-state index contributed by atoms with van der Waals surface area (Å²) in [6.45, 7) is 4.13. The number of nitrogens with zero attached hydrogens (tertiary/aromatic N) is 4. The molecule has 2 heterocycles. The Morgan fingerprint density at radius 3 is 2.61 bits per heavy atom. The maximum Gasteiger partial charge on any atom is 0.252 e. The number of fused-ring (bicyclic) bond motifs is 1. The lowest BCUT2D eigenvalue weighted by atomic mass is 10.0. The van der Waals surface area contributed by atoms with Crippen molar-refractivity contribution in [1.29, 1.82) is 0 Å². The van der Waals surface area contributed by atoms with Gasteiger partial charge in [-0.15, -0.1) is 0 Å². The van der Waals surface area contributed by atoms with Crippen LogP contribution in [-0.4, -0.2) is 25.5 Å². The maximum atomic E-state index is 13.4. The van der Waals surface area contributed by atoms with Crippen molar-refractivity contribution in [3.8, 4) is 5.69 Å². The summed E-state index contributed by atoms with van der Waals surface area (Å²) in [6.07, 6.45) is 11.8. The molecular formula is C24H26FN5O. The number of nitrogens with one attached hydrogen (secondary N) is 1. The molecule has 1 unspecified atom stereocenters. The van der Waals surface area contributed by atoms with E-state index in [0.717, 1.165) is 35.3 Å². The highest BCUT2D eigenvalue weighted by Crippen LogP contribution is 2.31. The lowest BCUT2D eigenvalue weighted by Crippen LogP contribution is -2.28. The van der Waals surface area contributed by atoms with Crippen LogP contribution in [-0.2, 0) is 11.8 Å². The molecule has 31 heavy (non-hydrogen) atoms. The van der Waals surface area contributed by atoms with E-state index in [9.17, 15) is 9.18 Å². The predicted octanol–water partition coefficient (Wildman–Crippen LogP) is 4.59. The lowest BCUT2D eigenvalue weighted by Gasteiger charge is -2.17. The van der Waals surface area contributed by atoms with Crippen LogP contribution in [0.4, 0.5) is 4.39 Å². The molecule has 1 aliphatic carbocycles. The van der Waals surface area contributed by atoms with Gasteiger partial charge in [-0.25, -0.2) is 9.07 Å². The Morgan fingerprint density at radius 2 is 1.97 bits per heavy atom. The van der Waals surface area contributed by atoms with E-state index in [1.807, 2.05) is 26.2 Å². The molecule has 1 aromatic carbocycles. The number of benzene rings is 1. The van der Waals surface area contributed by atoms with Gasteiger partial charge in [-0.05, 0) is 49.6 Å². The third kappa shape index (κ3) is 4.21. The van der Waals surface area contributed by atoms with E-state index in [-0.39, 0.29) is 17.8 Å². The molecule has 7 heteroatoms. The summed E-state index contributed by atoms with van der Waals surface area (Å²) in [7, 11) is 1.86. The number of aryl methyl sites for hydroxylation is 1. The molecule has 0 saturated heterocycles. The Kier molecular flexibility index (Phi) is 5.84. The second-order valence-electron chi connectivity index (χ2n) is 7.69. The molecule has 1 atom stereocenters. The fraction of sp³-hybridized carbons (Fsp3) is 0.292. The molecule has 3 aromatic rings. The summed E-state index contributed by atoms with van der Waals surface area (Å²) < 4.78 is 16.9. The van der Waals surface area contributed by atoms with E-state index in [2.05, 4.69) is 28.5 Å². The third-order valence-corrected chi connectivity index (χ3v) is 5.62. The van der Waals surface area contributed by atoms with Crippen molar-refractivity contribution in [3.63, 3.8) is 0 Å². The van der Waals surface area contributed by atoms with Crippen LogP contribution in [0.3, 0.4) is 0 Å². The first-order valence-electron chi connectivity index (χ1n) is 10.5. The molecular weight excluding hydrogens is 393 g/mol. The van der Waals surface area contributed by atoms with Crippen molar-refractivity contribution in [3.05, 3.63) is 77.1 Å². The average Bonchev–Trinajstić information content (AvgIpc) is 3.33. The molecule has 2 aromatic heterocycles. The van der Waals surface area contributed by atoms with Gasteiger partial charge in [0.15, 0.2) is 0 Å². The van der Waals surface area contributed by atoms with Crippen LogP contribution in [0.1, 0.15) is 56.0 Å². The highest BCUT2D eigenvalue weighted by atomic mass is 19.1. The van der Waals surface area contributed by atoms with Gasteiger partial charge in [0, 0.05) is 29.9 Å². The summed E-state index contributed by atoms with van der Waals surface area (Å²) in [6, 6.07) is 6.07. The monoisotopic (exact) mass is 419 g/mol. The molecule has 4 rings (SSSR count). The number of halogens is 1. The molecule has 1 amide bonds. The van der Waals surface area contributed by atoms with Crippen LogP contribution in [0.15, 0.2) is 54.5 Å². The number of hydrogen-bond acceptors (Lipinski definition) is 3. The van der Waals surface area contributed by atoms with E-state index >= 15 is 0 Å². The Morgan fingerprint density at radius 1 is 1.19 bits per heavy atom. The lowest BCUT2D eigenvalue weighted by molar-refractivity contribution is -0.116. The quantitative estimate of drug-likeness (QED) is 0.635. The second-order valence-corrected chi connectivity index (χ2v) is 7.69. The zero-order valence-corrected chi connectivity index (χ0v) is 18.0. The number of allylic oxidation sites excluding steroid dienone is 2. The Balaban J connectivity index is 1.70. The molecule has 0 aliphatic heterocycles. The average molecular weight is 420 g/mol. The van der Waals surface area contributed by atoms with Gasteiger partial charge in [-0.3, -0.25) is 9.48 Å². The third-order valence-electron chi connectivity index (χ3n) is 5.62. The van der Waals surface area contributed by atoms with E-state index in [1.54, 1.807) is 33.9 Å². The van der Waals surface area contributed by atoms with Gasteiger partial charge in [0.25, 0.3) is 5.91 Å². The number of carbonyl (C=O) groups is 1. The van der Waals surface area contributed by atoms with Crippen LogP contribution in [0, 0.1) is 5.82 Å². The van der Waals surface area contributed by atoms with Gasteiger partial charge >= 0.3 is 0 Å². The number of rotatable bonds is 6. The number of carbonyl (C=O) groups excluding carboxylic acids is 1. The van der Waals surface area contributed by atoms with Crippen LogP contribution in [0.2, 0.25) is 0 Å². The smallest absolute Gasteiger partial charge is 0.252 e. The Labute approximate surface area is 181 Å². The molecule has 6 nitrogen and oxygen atoms in total. The number of amides is 1. The summed E-state index contributed by atoms with van der Waals surface area (Å²) in [5.41, 5.74) is 5.13. The molecule has 160 valence electrons. The molecule has 0 bridgehead atoms. The van der Waals surface area contributed by atoms with Crippen molar-refractivity contribution in [2.45, 2.75) is 39.2 Å². The van der Waals surface area contributed by atoms with E-state index in [0.29, 0.717) is 12.0 Å². The zero-order valence-electron chi connectivity index (χ0n) is 18.0. The van der Waals surface area contributed by atoms with Crippen LogP contribution < -0.4 is 5.32 Å². The van der Waals surface area contributed by atoms with Crippen LogP contribution in [0.5, 0.6) is 0 Å². The Hall–Kier alpha value is -3.48. The molecule has 0 fully saturated rings. The number of aromatic nitrogens is 4. The normalized spacial score (nSPS) is 14.3. The minimum absolute atomic E-state index is 0.125. The molecule has 1 aliphatic rings.